The predicted molar refractivity (Wildman–Crippen MR) is 46.1 cm³/mol. The van der Waals surface area contributed by atoms with Crippen molar-refractivity contribution in [2.75, 3.05) is 26.2 Å². The van der Waals surface area contributed by atoms with Gasteiger partial charge in [0.1, 0.15) is 0 Å². The van der Waals surface area contributed by atoms with Gasteiger partial charge >= 0.3 is 6.03 Å². The molecule has 0 bridgehead atoms. The second-order valence-corrected chi connectivity index (χ2v) is 3.55. The maximum atomic E-state index is 11.2. The van der Waals surface area contributed by atoms with Crippen LogP contribution >= 0.6 is 0 Å². The van der Waals surface area contributed by atoms with Crippen LogP contribution in [0, 0.1) is 5.92 Å². The van der Waals surface area contributed by atoms with Gasteiger partial charge in [-0.15, -0.1) is 0 Å². The molecule has 3 amide bonds. The molecule has 1 unspecified atom stereocenters. The average molecular weight is 183 g/mol. The molecule has 5 heteroatoms. The molecular formula is C8H13N3O2. The molecule has 0 radical (unpaired) electrons. The van der Waals surface area contributed by atoms with Gasteiger partial charge in [0.2, 0.25) is 5.91 Å². The summed E-state index contributed by atoms with van der Waals surface area (Å²) in [5, 5.41) is 5.50. The van der Waals surface area contributed by atoms with E-state index in [1.54, 1.807) is 4.90 Å². The Morgan fingerprint density at radius 2 is 2.23 bits per heavy atom. The van der Waals surface area contributed by atoms with Gasteiger partial charge in [0, 0.05) is 38.5 Å². The molecule has 13 heavy (non-hydrogen) atoms. The van der Waals surface area contributed by atoms with Crippen LogP contribution < -0.4 is 10.6 Å². The highest BCUT2D eigenvalue weighted by Gasteiger charge is 2.27. The van der Waals surface area contributed by atoms with E-state index < -0.39 is 0 Å². The minimum atomic E-state index is -0.000603. The van der Waals surface area contributed by atoms with Crippen LogP contribution in [0.5, 0.6) is 0 Å². The first-order valence-corrected chi connectivity index (χ1v) is 4.55. The van der Waals surface area contributed by atoms with E-state index >= 15 is 0 Å². The number of hydrogen-bond donors (Lipinski definition) is 2. The zero-order valence-electron chi connectivity index (χ0n) is 7.38. The van der Waals surface area contributed by atoms with Gasteiger partial charge in [-0.25, -0.2) is 4.79 Å². The predicted octanol–water partition coefficient (Wildman–Crippen LogP) is -0.852. The molecule has 1 atom stereocenters. The van der Waals surface area contributed by atoms with Crippen molar-refractivity contribution >= 4 is 11.9 Å². The Hall–Kier alpha value is -1.26. The van der Waals surface area contributed by atoms with Crippen LogP contribution in [0.1, 0.15) is 6.42 Å². The highest BCUT2D eigenvalue weighted by Crippen LogP contribution is 2.11. The summed E-state index contributed by atoms with van der Waals surface area (Å²) in [6.07, 6.45) is 0.559. The SMILES string of the molecule is O=C1CC(CN2CCNC2=O)CN1. The summed E-state index contributed by atoms with van der Waals surface area (Å²) in [6, 6.07) is -0.000603. The highest BCUT2D eigenvalue weighted by molar-refractivity contribution is 5.79. The van der Waals surface area contributed by atoms with Gasteiger partial charge < -0.3 is 15.5 Å². The van der Waals surface area contributed by atoms with Gasteiger partial charge in [-0.1, -0.05) is 0 Å². The molecule has 72 valence electrons. The van der Waals surface area contributed by atoms with Gasteiger partial charge in [0.05, 0.1) is 0 Å². The van der Waals surface area contributed by atoms with Crippen molar-refractivity contribution in [2.45, 2.75) is 6.42 Å². The third-order valence-electron chi connectivity index (χ3n) is 2.49. The zero-order chi connectivity index (χ0) is 9.26. The lowest BCUT2D eigenvalue weighted by atomic mass is 10.1. The fraction of sp³-hybridized carbons (Fsp3) is 0.750. The zero-order valence-corrected chi connectivity index (χ0v) is 7.38. The van der Waals surface area contributed by atoms with E-state index in [4.69, 9.17) is 0 Å². The first-order chi connectivity index (χ1) is 6.25. The summed E-state index contributed by atoms with van der Waals surface area (Å²) in [7, 11) is 0. The number of urea groups is 1. The van der Waals surface area contributed by atoms with Crippen LogP contribution in [0.2, 0.25) is 0 Å². The first kappa shape index (κ1) is 8.34. The minimum absolute atomic E-state index is 0.000603. The minimum Gasteiger partial charge on any atom is -0.356 e. The van der Waals surface area contributed by atoms with Crippen LogP contribution in [0.25, 0.3) is 0 Å². The summed E-state index contributed by atoms with van der Waals surface area (Å²) >= 11 is 0. The largest absolute Gasteiger partial charge is 0.356 e. The summed E-state index contributed by atoms with van der Waals surface area (Å²) in [5.41, 5.74) is 0. The van der Waals surface area contributed by atoms with Crippen molar-refractivity contribution in [3.8, 4) is 0 Å². The lowest BCUT2D eigenvalue weighted by molar-refractivity contribution is -0.119. The quantitative estimate of drug-likeness (QED) is 0.585. The van der Waals surface area contributed by atoms with E-state index in [0.29, 0.717) is 25.4 Å². The fourth-order valence-electron chi connectivity index (χ4n) is 1.79. The molecular weight excluding hydrogens is 170 g/mol. The molecule has 5 nitrogen and oxygen atoms in total. The molecule has 2 aliphatic heterocycles. The number of carbonyl (C=O) groups excluding carboxylic acids is 2. The number of hydrogen-bond acceptors (Lipinski definition) is 2. The topological polar surface area (TPSA) is 61.4 Å². The van der Waals surface area contributed by atoms with Gasteiger partial charge in [0.15, 0.2) is 0 Å². The van der Waals surface area contributed by atoms with Crippen LogP contribution in [0.3, 0.4) is 0 Å². The normalized spacial score (nSPS) is 27.7. The van der Waals surface area contributed by atoms with E-state index in [-0.39, 0.29) is 11.9 Å². The van der Waals surface area contributed by atoms with E-state index in [1.807, 2.05) is 0 Å². The molecule has 2 saturated heterocycles. The van der Waals surface area contributed by atoms with E-state index in [9.17, 15) is 9.59 Å². The molecule has 0 aromatic heterocycles. The second kappa shape index (κ2) is 3.24. The number of carbonyl (C=O) groups is 2. The Kier molecular flexibility index (Phi) is 2.08. The summed E-state index contributed by atoms with van der Waals surface area (Å²) in [5.74, 6) is 0.404. The fourth-order valence-corrected chi connectivity index (χ4v) is 1.79. The molecule has 0 aromatic rings. The van der Waals surface area contributed by atoms with Crippen LogP contribution in [-0.2, 0) is 4.79 Å². The van der Waals surface area contributed by atoms with Gasteiger partial charge in [-0.05, 0) is 0 Å². The molecule has 0 aliphatic carbocycles. The molecule has 0 aromatic carbocycles. The van der Waals surface area contributed by atoms with E-state index in [0.717, 1.165) is 13.1 Å². The number of rotatable bonds is 2. The van der Waals surface area contributed by atoms with Crippen LogP contribution in [-0.4, -0.2) is 43.0 Å². The molecule has 2 heterocycles. The van der Waals surface area contributed by atoms with Crippen LogP contribution in [0.15, 0.2) is 0 Å². The Labute approximate surface area is 76.5 Å². The maximum Gasteiger partial charge on any atom is 0.317 e. The molecule has 2 N–H and O–H groups in total. The van der Waals surface area contributed by atoms with Crippen molar-refractivity contribution in [3.05, 3.63) is 0 Å². The van der Waals surface area contributed by atoms with Crippen molar-refractivity contribution in [1.29, 1.82) is 0 Å². The highest BCUT2D eigenvalue weighted by atomic mass is 16.2. The van der Waals surface area contributed by atoms with E-state index in [2.05, 4.69) is 10.6 Å². The van der Waals surface area contributed by atoms with Gasteiger partial charge in [0.25, 0.3) is 0 Å². The lowest BCUT2D eigenvalue weighted by Gasteiger charge is -2.17. The third kappa shape index (κ3) is 1.74. The van der Waals surface area contributed by atoms with Crippen LogP contribution in [0.4, 0.5) is 4.79 Å². The van der Waals surface area contributed by atoms with Crippen molar-refractivity contribution < 1.29 is 9.59 Å². The molecule has 2 rings (SSSR count). The van der Waals surface area contributed by atoms with Crippen molar-refractivity contribution in [2.24, 2.45) is 5.92 Å². The Balaban J connectivity index is 1.84. The standard InChI is InChI=1S/C8H13N3O2/c12-7-3-6(4-10-7)5-11-2-1-9-8(11)13/h6H,1-5H2,(H,9,13)(H,10,12). The Morgan fingerprint density at radius 3 is 2.77 bits per heavy atom. The molecule has 0 saturated carbocycles. The number of nitrogens with zero attached hydrogens (tertiary/aromatic N) is 1. The molecule has 0 spiro atoms. The Bertz CT molecular complexity index is 242. The van der Waals surface area contributed by atoms with Crippen molar-refractivity contribution in [1.82, 2.24) is 15.5 Å². The van der Waals surface area contributed by atoms with Crippen molar-refractivity contribution in [3.63, 3.8) is 0 Å². The van der Waals surface area contributed by atoms with E-state index in [1.165, 1.54) is 0 Å². The number of nitrogens with one attached hydrogen (secondary N) is 2. The maximum absolute atomic E-state index is 11.2. The lowest BCUT2D eigenvalue weighted by Crippen LogP contribution is -2.33. The Morgan fingerprint density at radius 1 is 1.38 bits per heavy atom. The second-order valence-electron chi connectivity index (χ2n) is 3.55. The summed E-state index contributed by atoms with van der Waals surface area (Å²) in [4.78, 5) is 23.8. The monoisotopic (exact) mass is 183 g/mol. The first-order valence-electron chi connectivity index (χ1n) is 4.55. The van der Waals surface area contributed by atoms with Gasteiger partial charge in [-0.2, -0.15) is 0 Å². The molecule has 2 aliphatic rings. The smallest absolute Gasteiger partial charge is 0.317 e. The average Bonchev–Trinajstić information content (AvgIpc) is 2.64. The van der Waals surface area contributed by atoms with Gasteiger partial charge in [-0.3, -0.25) is 4.79 Å². The summed E-state index contributed by atoms with van der Waals surface area (Å²) in [6.45, 7) is 2.91. The third-order valence-corrected chi connectivity index (χ3v) is 2.49. The molecule has 2 fully saturated rings. The summed E-state index contributed by atoms with van der Waals surface area (Å²) < 4.78 is 0. The number of amides is 3.